The highest BCUT2D eigenvalue weighted by atomic mass is 19.1. The lowest BCUT2D eigenvalue weighted by Gasteiger charge is -2.53. The number of carbonyl (C=O) groups excluding carboxylic acids is 1. The molecule has 0 radical (unpaired) electrons. The highest BCUT2D eigenvalue weighted by Crippen LogP contribution is 2.45. The summed E-state index contributed by atoms with van der Waals surface area (Å²) in [6, 6.07) is 4.35. The van der Waals surface area contributed by atoms with Crippen LogP contribution in [0.1, 0.15) is 39.2 Å². The van der Waals surface area contributed by atoms with E-state index in [-0.39, 0.29) is 23.5 Å². The molecule has 5 rings (SSSR count). The lowest BCUT2D eigenvalue weighted by molar-refractivity contribution is -0.0236. The number of anilines is 4. The molecular formula is C24H28F2N4O3. The maximum absolute atomic E-state index is 15.4. The molecule has 2 saturated heterocycles. The number of nitrogens with one attached hydrogen (secondary N) is 1. The predicted molar refractivity (Wildman–Crippen MR) is 121 cm³/mol. The molecule has 1 aromatic carbocycles. The Morgan fingerprint density at radius 3 is 2.70 bits per heavy atom. The van der Waals surface area contributed by atoms with Crippen LogP contribution >= 0.6 is 0 Å². The van der Waals surface area contributed by atoms with Crippen LogP contribution in [0.3, 0.4) is 0 Å². The van der Waals surface area contributed by atoms with Crippen molar-refractivity contribution in [2.75, 3.05) is 41.4 Å². The van der Waals surface area contributed by atoms with Crippen molar-refractivity contribution in [3.8, 4) is 0 Å². The zero-order chi connectivity index (χ0) is 23.4. The average molecular weight is 459 g/mol. The molecule has 0 bridgehead atoms. The Morgan fingerprint density at radius 2 is 2.00 bits per heavy atom. The van der Waals surface area contributed by atoms with Crippen LogP contribution in [0, 0.1) is 17.0 Å². The molecule has 1 spiro atoms. The third-order valence-electron chi connectivity index (χ3n) is 6.27. The van der Waals surface area contributed by atoms with Gasteiger partial charge in [-0.15, -0.1) is 0 Å². The summed E-state index contributed by atoms with van der Waals surface area (Å²) in [4.78, 5) is 20.5. The Bertz CT molecular complexity index is 1090. The summed E-state index contributed by atoms with van der Waals surface area (Å²) in [5, 5.41) is 3.22. The number of hydrogen-bond acceptors (Lipinski definition) is 6. The summed E-state index contributed by atoms with van der Waals surface area (Å²) in [5.74, 6) is -0.745. The van der Waals surface area contributed by atoms with E-state index in [9.17, 15) is 9.18 Å². The van der Waals surface area contributed by atoms with Crippen molar-refractivity contribution in [2.24, 2.45) is 5.41 Å². The number of amides is 1. The first-order chi connectivity index (χ1) is 15.6. The number of nitrogens with zero attached hydrogens (tertiary/aromatic N) is 3. The van der Waals surface area contributed by atoms with Crippen LogP contribution in [0.15, 0.2) is 24.4 Å². The Hall–Kier alpha value is -2.94. The van der Waals surface area contributed by atoms with E-state index in [1.165, 1.54) is 17.0 Å². The first-order valence-electron chi connectivity index (χ1n) is 11.2. The molecule has 1 amide bonds. The number of pyridine rings is 1. The quantitative estimate of drug-likeness (QED) is 0.651. The Morgan fingerprint density at radius 1 is 1.21 bits per heavy atom. The van der Waals surface area contributed by atoms with Gasteiger partial charge in [0, 0.05) is 43.3 Å². The third kappa shape index (κ3) is 4.10. The molecule has 1 N–H and O–H groups in total. The summed E-state index contributed by atoms with van der Waals surface area (Å²) in [5.41, 5.74) is 1.08. The van der Waals surface area contributed by atoms with Gasteiger partial charge in [-0.2, -0.15) is 0 Å². The van der Waals surface area contributed by atoms with Crippen molar-refractivity contribution < 1.29 is 23.0 Å². The molecule has 4 heterocycles. The van der Waals surface area contributed by atoms with Crippen molar-refractivity contribution in [2.45, 2.75) is 45.8 Å². The van der Waals surface area contributed by atoms with E-state index in [1.807, 2.05) is 4.90 Å². The van der Waals surface area contributed by atoms with Gasteiger partial charge in [0.2, 0.25) is 0 Å². The first kappa shape index (κ1) is 21.9. The Labute approximate surface area is 191 Å². The molecule has 0 saturated carbocycles. The van der Waals surface area contributed by atoms with E-state index in [2.05, 4.69) is 10.3 Å². The molecule has 33 heavy (non-hydrogen) atoms. The minimum atomic E-state index is -0.774. The maximum Gasteiger partial charge on any atom is 0.420 e. The van der Waals surface area contributed by atoms with Gasteiger partial charge < -0.3 is 19.7 Å². The Balaban J connectivity index is 1.52. The van der Waals surface area contributed by atoms with E-state index >= 15 is 4.39 Å². The fraction of sp³-hybridized carbons (Fsp3) is 0.500. The van der Waals surface area contributed by atoms with Crippen molar-refractivity contribution in [1.82, 2.24) is 4.98 Å². The largest absolute Gasteiger partial charge is 0.443 e. The van der Waals surface area contributed by atoms with E-state index in [0.717, 1.165) is 38.7 Å². The van der Waals surface area contributed by atoms with Crippen LogP contribution < -0.4 is 15.1 Å². The predicted octanol–water partition coefficient (Wildman–Crippen LogP) is 4.98. The molecule has 176 valence electrons. The van der Waals surface area contributed by atoms with Gasteiger partial charge in [-0.3, -0.25) is 0 Å². The van der Waals surface area contributed by atoms with Crippen LogP contribution in [0.2, 0.25) is 0 Å². The highest BCUT2D eigenvalue weighted by molar-refractivity contribution is 6.01. The second kappa shape index (κ2) is 7.83. The van der Waals surface area contributed by atoms with Gasteiger partial charge in [0.25, 0.3) is 0 Å². The molecule has 0 aliphatic carbocycles. The van der Waals surface area contributed by atoms with Gasteiger partial charge in [0.05, 0.1) is 29.9 Å². The molecule has 9 heteroatoms. The van der Waals surface area contributed by atoms with Crippen LogP contribution in [0.5, 0.6) is 0 Å². The van der Waals surface area contributed by atoms with Crippen LogP contribution in [-0.2, 0) is 16.0 Å². The van der Waals surface area contributed by atoms with Crippen LogP contribution in [-0.4, -0.2) is 43.0 Å². The van der Waals surface area contributed by atoms with E-state index < -0.39 is 23.3 Å². The number of hydrogen-bond donors (Lipinski definition) is 1. The lowest BCUT2D eigenvalue weighted by atomic mass is 9.75. The number of carbonyl (C=O) groups is 1. The molecule has 2 aromatic rings. The minimum Gasteiger partial charge on any atom is -0.443 e. The second-order valence-electron chi connectivity index (χ2n) is 10.1. The average Bonchev–Trinajstić information content (AvgIpc) is 2.87. The van der Waals surface area contributed by atoms with E-state index in [1.54, 1.807) is 26.8 Å². The molecule has 0 atom stereocenters. The molecule has 3 aliphatic rings. The van der Waals surface area contributed by atoms with Gasteiger partial charge in [-0.25, -0.2) is 23.5 Å². The Kier molecular flexibility index (Phi) is 5.19. The summed E-state index contributed by atoms with van der Waals surface area (Å²) in [7, 11) is 0. The van der Waals surface area contributed by atoms with Crippen LogP contribution in [0.4, 0.5) is 36.5 Å². The normalized spacial score (nSPS) is 19.2. The zero-order valence-corrected chi connectivity index (χ0v) is 19.1. The van der Waals surface area contributed by atoms with Gasteiger partial charge in [0.1, 0.15) is 23.1 Å². The molecule has 7 nitrogen and oxygen atoms in total. The van der Waals surface area contributed by atoms with Crippen LogP contribution in [0.25, 0.3) is 0 Å². The first-order valence-corrected chi connectivity index (χ1v) is 11.2. The number of ether oxygens (including phenoxy) is 2. The molecule has 1 aromatic heterocycles. The van der Waals surface area contributed by atoms with Gasteiger partial charge in [-0.1, -0.05) is 0 Å². The van der Waals surface area contributed by atoms with Crippen molar-refractivity contribution in [3.63, 3.8) is 0 Å². The van der Waals surface area contributed by atoms with Gasteiger partial charge in [-0.05, 0) is 45.7 Å². The van der Waals surface area contributed by atoms with Crippen molar-refractivity contribution >= 4 is 29.0 Å². The fourth-order valence-electron chi connectivity index (χ4n) is 4.82. The van der Waals surface area contributed by atoms with Gasteiger partial charge >= 0.3 is 6.09 Å². The second-order valence-corrected chi connectivity index (χ2v) is 10.1. The molecule has 2 fully saturated rings. The van der Waals surface area contributed by atoms with E-state index in [0.29, 0.717) is 23.5 Å². The smallest absolute Gasteiger partial charge is 0.420 e. The zero-order valence-electron chi connectivity index (χ0n) is 19.1. The summed E-state index contributed by atoms with van der Waals surface area (Å²) < 4.78 is 40.5. The van der Waals surface area contributed by atoms with E-state index in [4.69, 9.17) is 9.47 Å². The highest BCUT2D eigenvalue weighted by Gasteiger charge is 2.45. The van der Waals surface area contributed by atoms with Gasteiger partial charge in [0.15, 0.2) is 0 Å². The number of rotatable bonds is 1. The SMILES string of the molecule is CC(C)(C)OC(=O)N1c2cc(F)c(N3CC4(CCCOC4)C3)cc2NCc2cc(F)cnc21. The summed E-state index contributed by atoms with van der Waals surface area (Å²) in [6.45, 7) is 8.42. The topological polar surface area (TPSA) is 66.9 Å². The summed E-state index contributed by atoms with van der Waals surface area (Å²) in [6.07, 6.45) is 2.43. The molecular weight excluding hydrogens is 430 g/mol. The van der Waals surface area contributed by atoms with Crippen molar-refractivity contribution in [3.05, 3.63) is 41.6 Å². The van der Waals surface area contributed by atoms with Crippen molar-refractivity contribution in [1.29, 1.82) is 0 Å². The number of benzene rings is 1. The summed E-state index contributed by atoms with van der Waals surface area (Å²) >= 11 is 0. The standard InChI is InChI=1S/C24H28F2N4O3/c1-23(2,3)33-22(31)30-20-8-17(26)19(29-12-24(13-29)5-4-6-32-14-24)9-18(20)27-10-15-7-16(25)11-28-21(15)30/h7-9,11,27H,4-6,10,12-14H2,1-3H3. The molecule has 3 aliphatic heterocycles. The lowest BCUT2D eigenvalue weighted by Crippen LogP contribution is -2.60. The number of halogens is 2. The number of fused-ring (bicyclic) bond motifs is 2. The third-order valence-corrected chi connectivity index (χ3v) is 6.27. The maximum atomic E-state index is 15.4. The fourth-order valence-corrected chi connectivity index (χ4v) is 4.82. The molecule has 0 unspecified atom stereocenters. The number of aromatic nitrogens is 1. The minimum absolute atomic E-state index is 0.0884. The monoisotopic (exact) mass is 458 g/mol.